The summed E-state index contributed by atoms with van der Waals surface area (Å²) in [5.74, 6) is -0.388. The number of piperidine rings is 1. The van der Waals surface area contributed by atoms with Crippen molar-refractivity contribution < 1.29 is 17.6 Å². The van der Waals surface area contributed by atoms with E-state index in [0.717, 1.165) is 17.1 Å². The van der Waals surface area contributed by atoms with Crippen molar-refractivity contribution >= 4 is 15.9 Å². The second-order valence-electron chi connectivity index (χ2n) is 6.80. The standard InChI is InChI=1S/C17H23FN2O3S/c18-17(16(21)19-11-14-7-8-14)9-4-10-20(13-17)24(22,23)12-15-5-2-1-3-6-15/h1-3,5-6,14H,4,7-13H2,(H,19,21). The van der Waals surface area contributed by atoms with E-state index in [0.29, 0.717) is 24.4 Å². The zero-order valence-corrected chi connectivity index (χ0v) is 14.4. The minimum Gasteiger partial charge on any atom is -0.353 e. The highest BCUT2D eigenvalue weighted by atomic mass is 32.2. The first kappa shape index (κ1) is 17.4. The molecule has 132 valence electrons. The lowest BCUT2D eigenvalue weighted by atomic mass is 9.95. The van der Waals surface area contributed by atoms with Gasteiger partial charge in [-0.25, -0.2) is 12.8 Å². The lowest BCUT2D eigenvalue weighted by molar-refractivity contribution is -0.135. The van der Waals surface area contributed by atoms with Crippen LogP contribution >= 0.6 is 0 Å². The van der Waals surface area contributed by atoms with Crippen LogP contribution in [0.1, 0.15) is 31.2 Å². The Hall–Kier alpha value is -1.47. The van der Waals surface area contributed by atoms with Crippen LogP contribution in [0.25, 0.3) is 0 Å². The maximum atomic E-state index is 15.0. The van der Waals surface area contributed by atoms with E-state index in [4.69, 9.17) is 0 Å². The number of carbonyl (C=O) groups excluding carboxylic acids is 1. The Morgan fingerprint density at radius 1 is 1.29 bits per heavy atom. The van der Waals surface area contributed by atoms with Crippen molar-refractivity contribution in [1.29, 1.82) is 0 Å². The first-order chi connectivity index (χ1) is 11.4. The number of carbonyl (C=O) groups is 1. The molecule has 0 aromatic heterocycles. The van der Waals surface area contributed by atoms with Gasteiger partial charge in [0.25, 0.3) is 5.91 Å². The number of nitrogens with zero attached hydrogens (tertiary/aromatic N) is 1. The van der Waals surface area contributed by atoms with Crippen LogP contribution in [-0.4, -0.2) is 43.9 Å². The molecule has 1 amide bonds. The molecular weight excluding hydrogens is 331 g/mol. The highest BCUT2D eigenvalue weighted by Gasteiger charge is 2.45. The molecule has 1 saturated carbocycles. The summed E-state index contributed by atoms with van der Waals surface area (Å²) in [6.45, 7) is 0.358. The molecular formula is C17H23FN2O3S. The van der Waals surface area contributed by atoms with Crippen LogP contribution in [0.4, 0.5) is 4.39 Å². The van der Waals surface area contributed by atoms with Crippen LogP contribution in [0, 0.1) is 5.92 Å². The molecule has 1 aliphatic carbocycles. The lowest BCUT2D eigenvalue weighted by Gasteiger charge is -2.35. The average molecular weight is 354 g/mol. The molecule has 7 heteroatoms. The lowest BCUT2D eigenvalue weighted by Crippen LogP contribution is -2.56. The highest BCUT2D eigenvalue weighted by Crippen LogP contribution is 2.30. The number of amides is 1. The van der Waals surface area contributed by atoms with Crippen LogP contribution < -0.4 is 5.32 Å². The average Bonchev–Trinajstić information content (AvgIpc) is 3.37. The summed E-state index contributed by atoms with van der Waals surface area (Å²) < 4.78 is 41.3. The van der Waals surface area contributed by atoms with Gasteiger partial charge in [-0.15, -0.1) is 0 Å². The van der Waals surface area contributed by atoms with Gasteiger partial charge in [-0.1, -0.05) is 30.3 Å². The first-order valence-corrected chi connectivity index (χ1v) is 9.99. The number of rotatable bonds is 6. The SMILES string of the molecule is O=C(NCC1CC1)C1(F)CCCN(S(=O)(=O)Cc2ccccc2)C1. The zero-order valence-electron chi connectivity index (χ0n) is 13.6. The molecule has 0 radical (unpaired) electrons. The van der Waals surface area contributed by atoms with Gasteiger partial charge < -0.3 is 5.32 Å². The van der Waals surface area contributed by atoms with Gasteiger partial charge in [-0.05, 0) is 37.2 Å². The van der Waals surface area contributed by atoms with Crippen molar-refractivity contribution in [2.24, 2.45) is 5.92 Å². The summed E-state index contributed by atoms with van der Waals surface area (Å²) in [4.78, 5) is 12.2. The van der Waals surface area contributed by atoms with Crippen molar-refractivity contribution in [2.75, 3.05) is 19.6 Å². The third-order valence-corrected chi connectivity index (χ3v) is 6.44. The second-order valence-corrected chi connectivity index (χ2v) is 8.77. The Morgan fingerprint density at radius 2 is 2.00 bits per heavy atom. The van der Waals surface area contributed by atoms with Crippen molar-refractivity contribution in [1.82, 2.24) is 9.62 Å². The summed E-state index contributed by atoms with van der Waals surface area (Å²) in [7, 11) is -3.65. The fourth-order valence-electron chi connectivity index (χ4n) is 2.99. The van der Waals surface area contributed by atoms with E-state index in [1.807, 2.05) is 6.07 Å². The molecule has 1 atom stereocenters. The van der Waals surface area contributed by atoms with Crippen molar-refractivity contribution in [2.45, 2.75) is 37.1 Å². The molecule has 3 rings (SSSR count). The third kappa shape index (κ3) is 4.13. The van der Waals surface area contributed by atoms with Gasteiger partial charge in [0.2, 0.25) is 15.7 Å². The minimum atomic E-state index is -3.65. The van der Waals surface area contributed by atoms with E-state index >= 15 is 4.39 Å². The normalized spacial score (nSPS) is 25.4. The molecule has 1 heterocycles. The predicted octanol–water partition coefficient (Wildman–Crippen LogP) is 1.85. The van der Waals surface area contributed by atoms with Crippen LogP contribution in [0.2, 0.25) is 0 Å². The molecule has 1 aromatic rings. The molecule has 1 saturated heterocycles. The van der Waals surface area contributed by atoms with Crippen LogP contribution in [-0.2, 0) is 20.6 Å². The van der Waals surface area contributed by atoms with E-state index in [-0.39, 0.29) is 18.7 Å². The van der Waals surface area contributed by atoms with Gasteiger partial charge in [-0.2, -0.15) is 4.31 Å². The predicted molar refractivity (Wildman–Crippen MR) is 89.4 cm³/mol. The maximum Gasteiger partial charge on any atom is 0.259 e. The Balaban J connectivity index is 1.66. The fourth-order valence-corrected chi connectivity index (χ4v) is 4.59. The van der Waals surface area contributed by atoms with E-state index in [2.05, 4.69) is 5.32 Å². The topological polar surface area (TPSA) is 66.5 Å². The van der Waals surface area contributed by atoms with Gasteiger partial charge in [0.1, 0.15) is 0 Å². The smallest absolute Gasteiger partial charge is 0.259 e. The molecule has 1 unspecified atom stereocenters. The van der Waals surface area contributed by atoms with Gasteiger partial charge in [0.15, 0.2) is 0 Å². The van der Waals surface area contributed by atoms with Crippen LogP contribution in [0.5, 0.6) is 0 Å². The summed E-state index contributed by atoms with van der Waals surface area (Å²) in [5.41, 5.74) is -1.47. The molecule has 1 N–H and O–H groups in total. The summed E-state index contributed by atoms with van der Waals surface area (Å²) in [6.07, 6.45) is 2.55. The van der Waals surface area contributed by atoms with Gasteiger partial charge in [-0.3, -0.25) is 4.79 Å². The van der Waals surface area contributed by atoms with Crippen LogP contribution in [0.15, 0.2) is 30.3 Å². The van der Waals surface area contributed by atoms with Crippen molar-refractivity contribution in [3.8, 4) is 0 Å². The van der Waals surface area contributed by atoms with E-state index in [1.54, 1.807) is 24.3 Å². The second kappa shape index (κ2) is 6.80. The molecule has 1 aliphatic heterocycles. The van der Waals surface area contributed by atoms with Gasteiger partial charge >= 0.3 is 0 Å². The molecule has 2 aliphatic rings. The number of hydrogen-bond donors (Lipinski definition) is 1. The van der Waals surface area contributed by atoms with Crippen molar-refractivity contribution in [3.05, 3.63) is 35.9 Å². The summed E-state index contributed by atoms with van der Waals surface area (Å²) in [5, 5.41) is 2.64. The van der Waals surface area contributed by atoms with E-state index in [9.17, 15) is 13.2 Å². The number of sulfonamides is 1. The van der Waals surface area contributed by atoms with Crippen molar-refractivity contribution in [3.63, 3.8) is 0 Å². The molecule has 1 aromatic carbocycles. The minimum absolute atomic E-state index is 0.0703. The molecule has 2 fully saturated rings. The first-order valence-electron chi connectivity index (χ1n) is 8.38. The number of hydrogen-bond acceptors (Lipinski definition) is 3. The molecule has 0 bridgehead atoms. The Labute approximate surface area is 142 Å². The highest BCUT2D eigenvalue weighted by molar-refractivity contribution is 7.88. The monoisotopic (exact) mass is 354 g/mol. The van der Waals surface area contributed by atoms with E-state index in [1.165, 1.54) is 0 Å². The maximum absolute atomic E-state index is 15.0. The molecule has 0 spiro atoms. The number of halogens is 1. The number of benzene rings is 1. The Morgan fingerprint density at radius 3 is 2.67 bits per heavy atom. The fraction of sp³-hybridized carbons (Fsp3) is 0.588. The van der Waals surface area contributed by atoms with Crippen LogP contribution in [0.3, 0.4) is 0 Å². The van der Waals surface area contributed by atoms with Gasteiger partial charge in [0.05, 0.1) is 12.3 Å². The number of alkyl halides is 1. The van der Waals surface area contributed by atoms with E-state index < -0.39 is 28.1 Å². The Kier molecular flexibility index (Phi) is 4.92. The zero-order chi connectivity index (χ0) is 17.2. The van der Waals surface area contributed by atoms with Gasteiger partial charge in [0, 0.05) is 13.1 Å². The third-order valence-electron chi connectivity index (χ3n) is 4.65. The number of nitrogens with one attached hydrogen (secondary N) is 1. The summed E-state index contributed by atoms with van der Waals surface area (Å²) in [6, 6.07) is 8.81. The molecule has 5 nitrogen and oxygen atoms in total. The quantitative estimate of drug-likeness (QED) is 0.848. The molecule has 24 heavy (non-hydrogen) atoms. The Bertz CT molecular complexity index is 691. The largest absolute Gasteiger partial charge is 0.353 e. The summed E-state index contributed by atoms with van der Waals surface area (Å²) >= 11 is 0.